The summed E-state index contributed by atoms with van der Waals surface area (Å²) in [6.45, 7) is 10.3. The average Bonchev–Trinajstić information content (AvgIpc) is 2.27. The Balaban J connectivity index is 3.09. The Morgan fingerprint density at radius 2 is 1.38 bits per heavy atom. The van der Waals surface area contributed by atoms with Crippen LogP contribution in [-0.2, 0) is 0 Å². The van der Waals surface area contributed by atoms with Gasteiger partial charge in [-0.1, -0.05) is 12.1 Å². The first-order valence-corrected chi connectivity index (χ1v) is 5.63. The van der Waals surface area contributed by atoms with E-state index in [1.54, 1.807) is 0 Å². The van der Waals surface area contributed by atoms with Gasteiger partial charge in [-0.15, -0.1) is 0 Å². The van der Waals surface area contributed by atoms with Gasteiger partial charge in [-0.3, -0.25) is 0 Å². The summed E-state index contributed by atoms with van der Waals surface area (Å²) in [5.74, 6) is 0.444. The highest BCUT2D eigenvalue weighted by Gasteiger charge is 2.13. The lowest BCUT2D eigenvalue weighted by molar-refractivity contribution is 0.476. The van der Waals surface area contributed by atoms with Crippen LogP contribution in [0.1, 0.15) is 27.8 Å². The largest absolute Gasteiger partial charge is 0.507 e. The van der Waals surface area contributed by atoms with E-state index in [4.69, 9.17) is 0 Å². The molecule has 2 aromatic carbocycles. The van der Waals surface area contributed by atoms with Crippen LogP contribution < -0.4 is 0 Å². The van der Waals surface area contributed by atoms with Crippen LogP contribution >= 0.6 is 0 Å². The van der Waals surface area contributed by atoms with Crippen molar-refractivity contribution in [2.45, 2.75) is 34.6 Å². The highest BCUT2D eigenvalue weighted by atomic mass is 16.3. The number of rotatable bonds is 0. The molecular formula is C15H18O. The summed E-state index contributed by atoms with van der Waals surface area (Å²) in [4.78, 5) is 0. The summed E-state index contributed by atoms with van der Waals surface area (Å²) in [5.41, 5.74) is 5.87. The number of benzene rings is 2. The number of aryl methyl sites for hydroxylation is 3. The fourth-order valence-corrected chi connectivity index (χ4v) is 2.28. The van der Waals surface area contributed by atoms with Crippen LogP contribution in [0.25, 0.3) is 10.8 Å². The molecule has 0 unspecified atom stereocenters. The first-order valence-electron chi connectivity index (χ1n) is 5.63. The zero-order chi connectivity index (χ0) is 12.0. The van der Waals surface area contributed by atoms with Gasteiger partial charge in [0.05, 0.1) is 0 Å². The zero-order valence-electron chi connectivity index (χ0n) is 10.6. The number of fused-ring (bicyclic) bond motifs is 1. The summed E-state index contributed by atoms with van der Waals surface area (Å²) < 4.78 is 0. The molecule has 0 spiro atoms. The van der Waals surface area contributed by atoms with Gasteiger partial charge in [-0.05, 0) is 67.8 Å². The van der Waals surface area contributed by atoms with E-state index in [0.29, 0.717) is 5.75 Å². The Morgan fingerprint density at radius 3 is 2.00 bits per heavy atom. The predicted octanol–water partition coefficient (Wildman–Crippen LogP) is 4.09. The standard InChI is InChI=1S/C15H18O/c1-8-6-7-13-11(4)10(3)12(5)15(16)14(13)9(8)2/h6-7,16H,1-5H3. The van der Waals surface area contributed by atoms with Crippen molar-refractivity contribution in [2.75, 3.05) is 0 Å². The van der Waals surface area contributed by atoms with Gasteiger partial charge in [0.15, 0.2) is 0 Å². The van der Waals surface area contributed by atoms with Crippen molar-refractivity contribution in [3.8, 4) is 5.75 Å². The van der Waals surface area contributed by atoms with Crippen molar-refractivity contribution < 1.29 is 5.11 Å². The Labute approximate surface area is 96.7 Å². The Hall–Kier alpha value is -1.50. The number of hydrogen-bond donors (Lipinski definition) is 1. The van der Waals surface area contributed by atoms with Gasteiger partial charge in [-0.25, -0.2) is 0 Å². The summed E-state index contributed by atoms with van der Waals surface area (Å²) >= 11 is 0. The summed E-state index contributed by atoms with van der Waals surface area (Å²) in [7, 11) is 0. The van der Waals surface area contributed by atoms with Crippen LogP contribution in [0.3, 0.4) is 0 Å². The molecule has 1 heteroatoms. The Morgan fingerprint density at radius 1 is 0.750 bits per heavy atom. The fraction of sp³-hybridized carbons (Fsp3) is 0.333. The molecule has 0 radical (unpaired) electrons. The van der Waals surface area contributed by atoms with E-state index in [0.717, 1.165) is 10.9 Å². The van der Waals surface area contributed by atoms with E-state index in [9.17, 15) is 5.11 Å². The number of phenols is 1. The Bertz CT molecular complexity index is 580. The lowest BCUT2D eigenvalue weighted by atomic mass is 9.91. The zero-order valence-corrected chi connectivity index (χ0v) is 10.6. The molecule has 1 nitrogen and oxygen atoms in total. The van der Waals surface area contributed by atoms with Crippen LogP contribution in [0.2, 0.25) is 0 Å². The van der Waals surface area contributed by atoms with Crippen LogP contribution in [-0.4, -0.2) is 5.11 Å². The molecule has 0 aliphatic rings. The third kappa shape index (κ3) is 1.31. The summed E-state index contributed by atoms with van der Waals surface area (Å²) in [6, 6.07) is 4.23. The molecule has 0 atom stereocenters. The first kappa shape index (κ1) is 11.0. The fourth-order valence-electron chi connectivity index (χ4n) is 2.28. The van der Waals surface area contributed by atoms with Gasteiger partial charge in [0, 0.05) is 5.39 Å². The Kier molecular flexibility index (Phi) is 2.42. The number of hydrogen-bond acceptors (Lipinski definition) is 1. The highest BCUT2D eigenvalue weighted by molar-refractivity contribution is 5.96. The minimum atomic E-state index is 0.444. The van der Waals surface area contributed by atoms with Crippen LogP contribution in [0.15, 0.2) is 12.1 Å². The number of aromatic hydroxyl groups is 1. The monoisotopic (exact) mass is 214 g/mol. The molecule has 0 aromatic heterocycles. The van der Waals surface area contributed by atoms with Crippen LogP contribution in [0.4, 0.5) is 0 Å². The van der Waals surface area contributed by atoms with E-state index in [1.165, 1.54) is 27.6 Å². The molecule has 0 saturated carbocycles. The molecule has 0 bridgehead atoms. The second-order valence-electron chi connectivity index (χ2n) is 4.65. The first-order chi connectivity index (χ1) is 7.45. The van der Waals surface area contributed by atoms with Crippen molar-refractivity contribution in [3.63, 3.8) is 0 Å². The van der Waals surface area contributed by atoms with Gasteiger partial charge < -0.3 is 5.11 Å². The molecule has 0 aliphatic heterocycles. The van der Waals surface area contributed by atoms with Crippen molar-refractivity contribution in [2.24, 2.45) is 0 Å². The molecule has 2 aromatic rings. The van der Waals surface area contributed by atoms with Gasteiger partial charge in [0.25, 0.3) is 0 Å². The molecule has 0 amide bonds. The lowest BCUT2D eigenvalue weighted by Crippen LogP contribution is -1.93. The van der Waals surface area contributed by atoms with E-state index in [1.807, 2.05) is 6.92 Å². The maximum atomic E-state index is 10.3. The molecule has 16 heavy (non-hydrogen) atoms. The quantitative estimate of drug-likeness (QED) is 0.700. The third-order valence-electron chi connectivity index (χ3n) is 3.86. The van der Waals surface area contributed by atoms with Crippen LogP contribution in [0, 0.1) is 34.6 Å². The SMILES string of the molecule is Cc1ccc2c(C)c(C)c(C)c(O)c2c1C. The van der Waals surface area contributed by atoms with E-state index < -0.39 is 0 Å². The van der Waals surface area contributed by atoms with Gasteiger partial charge in [-0.2, -0.15) is 0 Å². The van der Waals surface area contributed by atoms with E-state index >= 15 is 0 Å². The minimum absolute atomic E-state index is 0.444. The molecule has 0 heterocycles. The van der Waals surface area contributed by atoms with E-state index in [2.05, 4.69) is 39.8 Å². The van der Waals surface area contributed by atoms with Gasteiger partial charge >= 0.3 is 0 Å². The molecule has 2 rings (SSSR count). The maximum absolute atomic E-state index is 10.3. The number of phenolic OH excluding ortho intramolecular Hbond substituents is 1. The smallest absolute Gasteiger partial charge is 0.126 e. The third-order valence-corrected chi connectivity index (χ3v) is 3.86. The van der Waals surface area contributed by atoms with Gasteiger partial charge in [0.2, 0.25) is 0 Å². The molecule has 84 valence electrons. The molecule has 0 aliphatic carbocycles. The van der Waals surface area contributed by atoms with Crippen molar-refractivity contribution in [3.05, 3.63) is 39.9 Å². The van der Waals surface area contributed by atoms with E-state index in [-0.39, 0.29) is 0 Å². The van der Waals surface area contributed by atoms with Crippen molar-refractivity contribution >= 4 is 10.8 Å². The van der Waals surface area contributed by atoms with Crippen LogP contribution in [0.5, 0.6) is 5.75 Å². The molecular weight excluding hydrogens is 196 g/mol. The maximum Gasteiger partial charge on any atom is 0.126 e. The predicted molar refractivity (Wildman–Crippen MR) is 69.3 cm³/mol. The molecule has 1 N–H and O–H groups in total. The van der Waals surface area contributed by atoms with Gasteiger partial charge in [0.1, 0.15) is 5.75 Å². The molecule has 0 fully saturated rings. The second kappa shape index (κ2) is 3.51. The normalized spacial score (nSPS) is 11.1. The summed E-state index contributed by atoms with van der Waals surface area (Å²) in [6.07, 6.45) is 0. The molecule has 0 saturated heterocycles. The lowest BCUT2D eigenvalue weighted by Gasteiger charge is -2.15. The minimum Gasteiger partial charge on any atom is -0.507 e. The average molecular weight is 214 g/mol. The van der Waals surface area contributed by atoms with Crippen molar-refractivity contribution in [1.29, 1.82) is 0 Å². The summed E-state index contributed by atoms with van der Waals surface area (Å²) in [5, 5.41) is 12.5. The second-order valence-corrected chi connectivity index (χ2v) is 4.65. The topological polar surface area (TPSA) is 20.2 Å². The highest BCUT2D eigenvalue weighted by Crippen LogP contribution is 2.37. The van der Waals surface area contributed by atoms with Crippen molar-refractivity contribution in [1.82, 2.24) is 0 Å².